The summed E-state index contributed by atoms with van der Waals surface area (Å²) in [4.78, 5) is 4.37. The van der Waals surface area contributed by atoms with Crippen molar-refractivity contribution in [1.82, 2.24) is 10.1 Å². The van der Waals surface area contributed by atoms with Gasteiger partial charge in [-0.1, -0.05) is 35.3 Å². The Kier molecular flexibility index (Phi) is 3.48. The molecule has 1 saturated carbocycles. The highest BCUT2D eigenvalue weighted by atomic mass is 35.5. The fourth-order valence-corrected chi connectivity index (χ4v) is 2.70. The average molecular weight is 296 g/mol. The van der Waals surface area contributed by atoms with Crippen molar-refractivity contribution in [3.8, 4) is 0 Å². The molecule has 1 aromatic carbocycles. The van der Waals surface area contributed by atoms with Crippen LogP contribution in [0.5, 0.6) is 0 Å². The van der Waals surface area contributed by atoms with E-state index in [0.717, 1.165) is 19.3 Å². The third-order valence-electron chi connectivity index (χ3n) is 4.00. The van der Waals surface area contributed by atoms with Crippen molar-refractivity contribution >= 4 is 11.6 Å². The molecule has 1 heterocycles. The molecule has 106 valence electrons. The summed E-state index contributed by atoms with van der Waals surface area (Å²) in [6.07, 6.45) is 3.32. The van der Waals surface area contributed by atoms with E-state index in [-0.39, 0.29) is 16.9 Å². The van der Waals surface area contributed by atoms with Crippen molar-refractivity contribution in [1.29, 1.82) is 0 Å². The molecular formula is C14H15ClFN3O. The van der Waals surface area contributed by atoms with Crippen molar-refractivity contribution in [2.75, 3.05) is 6.54 Å². The second kappa shape index (κ2) is 5.14. The van der Waals surface area contributed by atoms with Gasteiger partial charge in [-0.3, -0.25) is 0 Å². The fourth-order valence-electron chi connectivity index (χ4n) is 2.51. The van der Waals surface area contributed by atoms with Gasteiger partial charge in [-0.2, -0.15) is 4.98 Å². The molecule has 2 aromatic rings. The second-order valence-electron chi connectivity index (χ2n) is 5.24. The molecule has 20 heavy (non-hydrogen) atoms. The van der Waals surface area contributed by atoms with Gasteiger partial charge < -0.3 is 10.3 Å². The molecule has 4 nitrogen and oxygen atoms in total. The first-order chi connectivity index (χ1) is 9.64. The number of hydrogen-bond donors (Lipinski definition) is 1. The normalized spacial score (nSPS) is 16.9. The van der Waals surface area contributed by atoms with Gasteiger partial charge in [0.15, 0.2) is 5.82 Å². The molecule has 1 fully saturated rings. The molecule has 0 bridgehead atoms. The smallest absolute Gasteiger partial charge is 0.234 e. The van der Waals surface area contributed by atoms with Crippen LogP contribution in [0.15, 0.2) is 22.7 Å². The summed E-state index contributed by atoms with van der Waals surface area (Å²) in [5, 5.41) is 4.03. The van der Waals surface area contributed by atoms with Gasteiger partial charge in [0.25, 0.3) is 0 Å². The third kappa shape index (κ3) is 2.21. The van der Waals surface area contributed by atoms with Gasteiger partial charge in [-0.05, 0) is 24.5 Å². The van der Waals surface area contributed by atoms with E-state index in [2.05, 4.69) is 10.1 Å². The largest absolute Gasteiger partial charge is 0.339 e. The number of aromatic nitrogens is 2. The first-order valence-corrected chi connectivity index (χ1v) is 6.98. The SMILES string of the molecule is NCC1(c2nc(Cc3cccc(Cl)c3F)no2)CCC1. The van der Waals surface area contributed by atoms with E-state index < -0.39 is 5.82 Å². The summed E-state index contributed by atoms with van der Waals surface area (Å²) in [6.45, 7) is 0.500. The number of nitrogens with two attached hydrogens (primary N) is 1. The Morgan fingerprint density at radius 3 is 2.85 bits per heavy atom. The Morgan fingerprint density at radius 2 is 2.20 bits per heavy atom. The van der Waals surface area contributed by atoms with Crippen LogP contribution in [0.4, 0.5) is 4.39 Å². The molecule has 3 rings (SSSR count). The van der Waals surface area contributed by atoms with E-state index >= 15 is 0 Å². The minimum Gasteiger partial charge on any atom is -0.339 e. The molecule has 6 heteroatoms. The van der Waals surface area contributed by atoms with Gasteiger partial charge in [-0.15, -0.1) is 0 Å². The zero-order valence-electron chi connectivity index (χ0n) is 10.9. The lowest BCUT2D eigenvalue weighted by atomic mass is 9.69. The molecule has 0 spiro atoms. The molecule has 0 aliphatic heterocycles. The highest BCUT2D eigenvalue weighted by Gasteiger charge is 2.42. The topological polar surface area (TPSA) is 64.9 Å². The summed E-state index contributed by atoms with van der Waals surface area (Å²) in [6, 6.07) is 4.88. The van der Waals surface area contributed by atoms with Crippen molar-refractivity contribution in [3.05, 3.63) is 46.3 Å². The Bertz CT molecular complexity index is 619. The van der Waals surface area contributed by atoms with Crippen LogP contribution in [0, 0.1) is 5.82 Å². The first kappa shape index (κ1) is 13.5. The second-order valence-corrected chi connectivity index (χ2v) is 5.65. The van der Waals surface area contributed by atoms with Crippen LogP contribution in [0.25, 0.3) is 0 Å². The Labute approximate surface area is 121 Å². The molecule has 0 radical (unpaired) electrons. The molecular weight excluding hydrogens is 281 g/mol. The van der Waals surface area contributed by atoms with Gasteiger partial charge in [-0.25, -0.2) is 4.39 Å². The summed E-state index contributed by atoms with van der Waals surface area (Å²) >= 11 is 5.76. The zero-order valence-corrected chi connectivity index (χ0v) is 11.7. The van der Waals surface area contributed by atoms with Crippen LogP contribution in [0.1, 0.15) is 36.5 Å². The summed E-state index contributed by atoms with van der Waals surface area (Å²) in [7, 11) is 0. The van der Waals surface area contributed by atoms with Gasteiger partial charge in [0.05, 0.1) is 10.4 Å². The van der Waals surface area contributed by atoms with Crippen molar-refractivity contribution in [2.45, 2.75) is 31.1 Å². The maximum absolute atomic E-state index is 13.8. The Hall–Kier alpha value is -1.46. The predicted octanol–water partition coefficient (Wildman–Crippen LogP) is 2.83. The molecule has 1 aliphatic rings. The average Bonchev–Trinajstić information content (AvgIpc) is 2.83. The van der Waals surface area contributed by atoms with Crippen LogP contribution < -0.4 is 5.73 Å². The molecule has 0 saturated heterocycles. The van der Waals surface area contributed by atoms with Crippen LogP contribution in [0.2, 0.25) is 5.02 Å². The number of rotatable bonds is 4. The molecule has 0 unspecified atom stereocenters. The molecule has 1 aliphatic carbocycles. The standard InChI is InChI=1S/C14H15ClFN3O/c15-10-4-1-3-9(12(10)16)7-11-18-13(20-19-11)14(8-17)5-2-6-14/h1,3-4H,2,5-8,17H2. The molecule has 1 aromatic heterocycles. The Morgan fingerprint density at radius 1 is 1.40 bits per heavy atom. The van der Waals surface area contributed by atoms with Crippen LogP contribution in [-0.4, -0.2) is 16.7 Å². The maximum atomic E-state index is 13.8. The number of nitrogens with zero attached hydrogens (tertiary/aromatic N) is 2. The van der Waals surface area contributed by atoms with E-state index in [0.29, 0.717) is 23.8 Å². The van der Waals surface area contributed by atoms with Crippen molar-refractivity contribution in [2.24, 2.45) is 5.73 Å². The number of hydrogen-bond acceptors (Lipinski definition) is 4. The van der Waals surface area contributed by atoms with E-state index in [1.54, 1.807) is 12.1 Å². The molecule has 2 N–H and O–H groups in total. The highest BCUT2D eigenvalue weighted by Crippen LogP contribution is 2.41. The monoisotopic (exact) mass is 295 g/mol. The minimum atomic E-state index is -0.433. The van der Waals surface area contributed by atoms with E-state index in [9.17, 15) is 4.39 Å². The summed E-state index contributed by atoms with van der Waals surface area (Å²) in [5.41, 5.74) is 6.09. The van der Waals surface area contributed by atoms with Crippen LogP contribution >= 0.6 is 11.6 Å². The van der Waals surface area contributed by atoms with Gasteiger partial charge in [0.1, 0.15) is 5.82 Å². The maximum Gasteiger partial charge on any atom is 0.234 e. The molecule has 0 atom stereocenters. The Balaban J connectivity index is 1.82. The zero-order chi connectivity index (χ0) is 14.2. The van der Waals surface area contributed by atoms with E-state index in [4.69, 9.17) is 21.9 Å². The van der Waals surface area contributed by atoms with Crippen LogP contribution in [0.3, 0.4) is 0 Å². The van der Waals surface area contributed by atoms with Crippen LogP contribution in [-0.2, 0) is 11.8 Å². The number of halogens is 2. The lowest BCUT2D eigenvalue weighted by Crippen LogP contribution is -2.41. The van der Waals surface area contributed by atoms with E-state index in [1.165, 1.54) is 6.07 Å². The summed E-state index contributed by atoms with van der Waals surface area (Å²) in [5.74, 6) is 0.599. The molecule has 0 amide bonds. The summed E-state index contributed by atoms with van der Waals surface area (Å²) < 4.78 is 19.1. The fraction of sp³-hybridized carbons (Fsp3) is 0.429. The first-order valence-electron chi connectivity index (χ1n) is 6.61. The predicted molar refractivity (Wildman–Crippen MR) is 73.1 cm³/mol. The third-order valence-corrected chi connectivity index (χ3v) is 4.30. The van der Waals surface area contributed by atoms with Crippen molar-refractivity contribution < 1.29 is 8.91 Å². The highest BCUT2D eigenvalue weighted by molar-refractivity contribution is 6.30. The van der Waals surface area contributed by atoms with Gasteiger partial charge >= 0.3 is 0 Å². The lowest BCUT2D eigenvalue weighted by Gasteiger charge is -2.36. The van der Waals surface area contributed by atoms with Gasteiger partial charge in [0.2, 0.25) is 5.89 Å². The van der Waals surface area contributed by atoms with Crippen molar-refractivity contribution in [3.63, 3.8) is 0 Å². The van der Waals surface area contributed by atoms with E-state index in [1.807, 2.05) is 0 Å². The quantitative estimate of drug-likeness (QED) is 0.942. The van der Waals surface area contributed by atoms with Gasteiger partial charge in [0, 0.05) is 13.0 Å². The number of benzene rings is 1. The lowest BCUT2D eigenvalue weighted by molar-refractivity contribution is 0.181. The minimum absolute atomic E-state index is 0.101.